The zero-order chi connectivity index (χ0) is 22.5. The van der Waals surface area contributed by atoms with Crippen LogP contribution in [0.5, 0.6) is 11.5 Å². The lowest BCUT2D eigenvalue weighted by Gasteiger charge is -2.09. The van der Waals surface area contributed by atoms with Gasteiger partial charge in [0.15, 0.2) is 5.43 Å². The molecule has 0 unspecified atom stereocenters. The van der Waals surface area contributed by atoms with Crippen LogP contribution in [-0.2, 0) is 11.3 Å². The second kappa shape index (κ2) is 9.39. The van der Waals surface area contributed by atoms with Crippen LogP contribution < -0.4 is 10.2 Å². The third-order valence-electron chi connectivity index (χ3n) is 4.93. The maximum Gasteiger partial charge on any atom is 0.338 e. The highest BCUT2D eigenvalue weighted by Crippen LogP contribution is 2.25. The molecule has 0 aliphatic heterocycles. The lowest BCUT2D eigenvalue weighted by molar-refractivity contribution is 0.0505. The number of aromatic hydroxyl groups is 1. The quantitative estimate of drug-likeness (QED) is 0.400. The van der Waals surface area contributed by atoms with Crippen molar-refractivity contribution in [2.24, 2.45) is 0 Å². The molecular weight excluding hydrogens is 408 g/mol. The molecular formula is C26H22O6. The average Bonchev–Trinajstić information content (AvgIpc) is 2.82. The average molecular weight is 430 g/mol. The van der Waals surface area contributed by atoms with Crippen LogP contribution in [0.25, 0.3) is 22.1 Å². The number of hydrogen-bond donors (Lipinski definition) is 1. The number of ether oxygens (including phenoxy) is 2. The molecule has 0 fully saturated rings. The van der Waals surface area contributed by atoms with E-state index in [0.29, 0.717) is 40.0 Å². The van der Waals surface area contributed by atoms with Gasteiger partial charge in [-0.2, -0.15) is 0 Å². The highest BCUT2D eigenvalue weighted by Gasteiger charge is 2.11. The maximum absolute atomic E-state index is 12.9. The standard InChI is InChI=1S/C26H22O6/c1-2-12-30-26(29)19-5-3-4-17(13-19)15-31-21-10-11-22-24(14-21)32-16-23(25(22)28)18-6-8-20(27)9-7-18/h3-11,13-14,16,27H,2,12,15H2,1H3. The summed E-state index contributed by atoms with van der Waals surface area (Å²) in [7, 11) is 0. The maximum atomic E-state index is 12.9. The van der Waals surface area contributed by atoms with E-state index < -0.39 is 0 Å². The van der Waals surface area contributed by atoms with Gasteiger partial charge >= 0.3 is 5.97 Å². The molecule has 1 heterocycles. The van der Waals surface area contributed by atoms with Crippen molar-refractivity contribution in [2.45, 2.75) is 20.0 Å². The van der Waals surface area contributed by atoms with Crippen molar-refractivity contribution in [2.75, 3.05) is 6.61 Å². The number of hydrogen-bond acceptors (Lipinski definition) is 6. The first-order valence-corrected chi connectivity index (χ1v) is 10.3. The summed E-state index contributed by atoms with van der Waals surface area (Å²) in [6.07, 6.45) is 2.18. The van der Waals surface area contributed by atoms with E-state index >= 15 is 0 Å². The molecule has 0 saturated heterocycles. The molecule has 1 aromatic heterocycles. The third kappa shape index (κ3) is 4.64. The van der Waals surface area contributed by atoms with E-state index in [1.54, 1.807) is 48.5 Å². The molecule has 0 aliphatic carbocycles. The predicted molar refractivity (Wildman–Crippen MR) is 121 cm³/mol. The molecule has 4 rings (SSSR count). The van der Waals surface area contributed by atoms with Crippen molar-refractivity contribution >= 4 is 16.9 Å². The number of esters is 1. The fourth-order valence-electron chi connectivity index (χ4n) is 3.27. The zero-order valence-corrected chi connectivity index (χ0v) is 17.5. The van der Waals surface area contributed by atoms with Crippen molar-refractivity contribution in [3.63, 3.8) is 0 Å². The molecule has 32 heavy (non-hydrogen) atoms. The Morgan fingerprint density at radius 3 is 2.62 bits per heavy atom. The predicted octanol–water partition coefficient (Wildman–Crippen LogP) is 5.31. The highest BCUT2D eigenvalue weighted by atomic mass is 16.5. The third-order valence-corrected chi connectivity index (χ3v) is 4.93. The summed E-state index contributed by atoms with van der Waals surface area (Å²) in [5.41, 5.74) is 2.62. The summed E-state index contributed by atoms with van der Waals surface area (Å²) < 4.78 is 16.7. The summed E-state index contributed by atoms with van der Waals surface area (Å²) in [4.78, 5) is 24.9. The van der Waals surface area contributed by atoms with Gasteiger partial charge in [0.2, 0.25) is 0 Å². The van der Waals surface area contributed by atoms with Crippen molar-refractivity contribution in [1.82, 2.24) is 0 Å². The summed E-state index contributed by atoms with van der Waals surface area (Å²) >= 11 is 0. The van der Waals surface area contributed by atoms with Crippen molar-refractivity contribution in [3.05, 3.63) is 94.3 Å². The summed E-state index contributed by atoms with van der Waals surface area (Å²) in [5, 5.41) is 9.88. The molecule has 3 aromatic carbocycles. The van der Waals surface area contributed by atoms with Crippen LogP contribution in [0.15, 0.2) is 82.2 Å². The summed E-state index contributed by atoms with van der Waals surface area (Å²) in [6.45, 7) is 2.57. The molecule has 0 aliphatic rings. The van der Waals surface area contributed by atoms with Crippen molar-refractivity contribution in [1.29, 1.82) is 0 Å². The van der Waals surface area contributed by atoms with Crippen molar-refractivity contribution in [3.8, 4) is 22.6 Å². The van der Waals surface area contributed by atoms with E-state index in [-0.39, 0.29) is 23.8 Å². The van der Waals surface area contributed by atoms with E-state index in [1.165, 1.54) is 18.4 Å². The molecule has 0 bridgehead atoms. The van der Waals surface area contributed by atoms with Gasteiger partial charge in [0.25, 0.3) is 0 Å². The van der Waals surface area contributed by atoms with E-state index in [2.05, 4.69) is 0 Å². The molecule has 1 N–H and O–H groups in total. The number of fused-ring (bicyclic) bond motifs is 1. The summed E-state index contributed by atoms with van der Waals surface area (Å²) in [6, 6.07) is 18.5. The molecule has 6 heteroatoms. The topological polar surface area (TPSA) is 86.0 Å². The smallest absolute Gasteiger partial charge is 0.338 e. The van der Waals surface area contributed by atoms with Crippen LogP contribution in [0, 0.1) is 0 Å². The second-order valence-corrected chi connectivity index (χ2v) is 7.31. The molecule has 0 atom stereocenters. The lowest BCUT2D eigenvalue weighted by Crippen LogP contribution is -2.07. The van der Waals surface area contributed by atoms with Gasteiger partial charge in [0, 0.05) is 6.07 Å². The molecule has 162 valence electrons. The molecule has 4 aromatic rings. The number of carbonyl (C=O) groups is 1. The van der Waals surface area contributed by atoms with Crippen molar-refractivity contribution < 1.29 is 23.8 Å². The first-order chi connectivity index (χ1) is 15.5. The van der Waals surface area contributed by atoms with Crippen LogP contribution in [0.4, 0.5) is 0 Å². The number of benzene rings is 3. The van der Waals surface area contributed by atoms with Crippen LogP contribution in [0.3, 0.4) is 0 Å². The minimum Gasteiger partial charge on any atom is -0.508 e. The SMILES string of the molecule is CCCOC(=O)c1cccc(COc2ccc3c(=O)c(-c4ccc(O)cc4)coc3c2)c1. The first kappa shape index (κ1) is 21.2. The molecule has 0 radical (unpaired) electrons. The van der Waals surface area contributed by atoms with Gasteiger partial charge in [-0.15, -0.1) is 0 Å². The highest BCUT2D eigenvalue weighted by molar-refractivity contribution is 5.89. The molecule has 0 amide bonds. The Morgan fingerprint density at radius 2 is 1.84 bits per heavy atom. The van der Waals surface area contributed by atoms with Crippen LogP contribution in [-0.4, -0.2) is 17.7 Å². The molecule has 6 nitrogen and oxygen atoms in total. The lowest BCUT2D eigenvalue weighted by atomic mass is 10.1. The van der Waals surface area contributed by atoms with Gasteiger partial charge in [-0.05, 0) is 53.9 Å². The van der Waals surface area contributed by atoms with Crippen LogP contribution >= 0.6 is 0 Å². The monoisotopic (exact) mass is 430 g/mol. The Kier molecular flexibility index (Phi) is 6.22. The van der Waals surface area contributed by atoms with Crippen LogP contribution in [0.1, 0.15) is 29.3 Å². The summed E-state index contributed by atoms with van der Waals surface area (Å²) in [5.74, 6) is 0.312. The minimum atomic E-state index is -0.356. The first-order valence-electron chi connectivity index (χ1n) is 10.3. The largest absolute Gasteiger partial charge is 0.508 e. The Hall–Kier alpha value is -4.06. The van der Waals surface area contributed by atoms with E-state index in [4.69, 9.17) is 13.9 Å². The van der Waals surface area contributed by atoms with Gasteiger partial charge in [0.05, 0.1) is 23.1 Å². The van der Waals surface area contributed by atoms with Gasteiger partial charge < -0.3 is 19.0 Å². The number of rotatable bonds is 7. The minimum absolute atomic E-state index is 0.129. The Bertz CT molecular complexity index is 1300. The number of phenolic OH excluding ortho intramolecular Hbond substituents is 1. The van der Waals surface area contributed by atoms with E-state index in [0.717, 1.165) is 12.0 Å². The Morgan fingerprint density at radius 1 is 1.03 bits per heavy atom. The zero-order valence-electron chi connectivity index (χ0n) is 17.5. The Labute approximate surface area is 184 Å². The van der Waals surface area contributed by atoms with Gasteiger partial charge in [-0.1, -0.05) is 31.2 Å². The fourth-order valence-corrected chi connectivity index (χ4v) is 3.27. The van der Waals surface area contributed by atoms with Gasteiger partial charge in [-0.3, -0.25) is 4.79 Å². The Balaban J connectivity index is 1.51. The van der Waals surface area contributed by atoms with Crippen LogP contribution in [0.2, 0.25) is 0 Å². The fraction of sp³-hybridized carbons (Fsp3) is 0.154. The number of carbonyl (C=O) groups excluding carboxylic acids is 1. The normalized spacial score (nSPS) is 10.8. The molecule has 0 saturated carbocycles. The van der Waals surface area contributed by atoms with E-state index in [9.17, 15) is 14.7 Å². The van der Waals surface area contributed by atoms with Gasteiger partial charge in [0.1, 0.15) is 30.0 Å². The molecule has 0 spiro atoms. The van der Waals surface area contributed by atoms with Gasteiger partial charge in [-0.25, -0.2) is 4.79 Å². The number of phenols is 1. The second-order valence-electron chi connectivity index (χ2n) is 7.31. The van der Waals surface area contributed by atoms with E-state index in [1.807, 2.05) is 13.0 Å².